The maximum atomic E-state index is 12.4. The van der Waals surface area contributed by atoms with Crippen LogP contribution in [0.2, 0.25) is 0 Å². The highest BCUT2D eigenvalue weighted by molar-refractivity contribution is 9.10. The fraction of sp³-hybridized carbons (Fsp3) is 0.733. The van der Waals surface area contributed by atoms with Crippen molar-refractivity contribution in [1.82, 2.24) is 20.0 Å². The zero-order valence-electron chi connectivity index (χ0n) is 12.6. The smallest absolute Gasteiger partial charge is 0.224 e. The van der Waals surface area contributed by atoms with Crippen LogP contribution in [0, 0.1) is 5.92 Å². The van der Waals surface area contributed by atoms with E-state index in [1.165, 1.54) is 12.8 Å². The second kappa shape index (κ2) is 6.08. The van der Waals surface area contributed by atoms with Crippen LogP contribution in [0.25, 0.3) is 0 Å². The van der Waals surface area contributed by atoms with Crippen LogP contribution in [0.15, 0.2) is 16.9 Å². The van der Waals surface area contributed by atoms with Gasteiger partial charge in [-0.2, -0.15) is 5.10 Å². The van der Waals surface area contributed by atoms with Crippen molar-refractivity contribution in [2.45, 2.75) is 57.3 Å². The summed E-state index contributed by atoms with van der Waals surface area (Å²) in [5.74, 6) is 0.0877. The lowest BCUT2D eigenvalue weighted by Crippen LogP contribution is -2.50. The van der Waals surface area contributed by atoms with Crippen LogP contribution >= 0.6 is 15.9 Å². The third-order valence-corrected chi connectivity index (χ3v) is 5.36. The minimum atomic E-state index is -0.0610. The second-order valence-electron chi connectivity index (χ2n) is 6.51. The summed E-state index contributed by atoms with van der Waals surface area (Å²) in [6, 6.07) is 1.66. The number of hydrogen-bond acceptors (Lipinski definition) is 3. The van der Waals surface area contributed by atoms with Crippen LogP contribution in [-0.4, -0.2) is 45.8 Å². The first kappa shape index (κ1) is 15.0. The number of rotatable bonds is 4. The van der Waals surface area contributed by atoms with Gasteiger partial charge in [0.1, 0.15) is 0 Å². The van der Waals surface area contributed by atoms with Crippen LogP contribution in [0.1, 0.15) is 32.6 Å². The molecule has 3 rings (SSSR count). The maximum Gasteiger partial charge on any atom is 0.224 e. The number of carbonyl (C=O) groups excluding carboxylic acids is 1. The molecule has 1 aromatic rings. The topological polar surface area (TPSA) is 50.2 Å². The molecule has 1 N–H and O–H groups in total. The van der Waals surface area contributed by atoms with Crippen LogP contribution < -0.4 is 5.32 Å². The molecule has 2 saturated heterocycles. The third-order valence-electron chi connectivity index (χ3n) is 4.95. The quantitative estimate of drug-likeness (QED) is 0.899. The molecule has 0 radical (unpaired) electrons. The zero-order valence-corrected chi connectivity index (χ0v) is 14.2. The fourth-order valence-electron chi connectivity index (χ4n) is 3.67. The van der Waals surface area contributed by atoms with Crippen molar-refractivity contribution in [3.8, 4) is 0 Å². The molecule has 5 nitrogen and oxygen atoms in total. The molecule has 1 amide bonds. The number of aromatic nitrogens is 2. The van der Waals surface area contributed by atoms with E-state index in [-0.39, 0.29) is 11.8 Å². The molecule has 3 heterocycles. The lowest BCUT2D eigenvalue weighted by molar-refractivity contribution is -0.126. The Kier molecular flexibility index (Phi) is 4.36. The van der Waals surface area contributed by atoms with E-state index in [1.54, 1.807) is 6.20 Å². The zero-order chi connectivity index (χ0) is 15.0. The van der Waals surface area contributed by atoms with Gasteiger partial charge < -0.3 is 10.2 Å². The molecule has 3 unspecified atom stereocenters. The molecule has 6 heteroatoms. The molecule has 0 aromatic carbocycles. The van der Waals surface area contributed by atoms with E-state index >= 15 is 0 Å². The monoisotopic (exact) mass is 354 g/mol. The Balaban J connectivity index is 1.52. The Morgan fingerprint density at radius 1 is 1.48 bits per heavy atom. The van der Waals surface area contributed by atoms with Crippen LogP contribution in [-0.2, 0) is 11.3 Å². The van der Waals surface area contributed by atoms with Crippen LogP contribution in [0.4, 0.5) is 0 Å². The molecule has 0 aliphatic carbocycles. The van der Waals surface area contributed by atoms with E-state index in [1.807, 2.05) is 17.8 Å². The van der Waals surface area contributed by atoms with Gasteiger partial charge >= 0.3 is 0 Å². The van der Waals surface area contributed by atoms with Gasteiger partial charge in [-0.15, -0.1) is 0 Å². The number of piperidine rings is 1. The number of halogens is 1. The van der Waals surface area contributed by atoms with Crippen LogP contribution in [0.3, 0.4) is 0 Å². The molecule has 2 fully saturated rings. The first-order valence-corrected chi connectivity index (χ1v) is 8.52. The van der Waals surface area contributed by atoms with Gasteiger partial charge in [0.15, 0.2) is 0 Å². The Hall–Kier alpha value is -0.880. The number of amides is 1. The van der Waals surface area contributed by atoms with E-state index in [4.69, 9.17) is 0 Å². The highest BCUT2D eigenvalue weighted by atomic mass is 79.9. The number of hydrogen-bond donors (Lipinski definition) is 1. The molecule has 21 heavy (non-hydrogen) atoms. The highest BCUT2D eigenvalue weighted by Crippen LogP contribution is 2.34. The van der Waals surface area contributed by atoms with Gasteiger partial charge in [0, 0.05) is 24.3 Å². The summed E-state index contributed by atoms with van der Waals surface area (Å²) in [5, 5.41) is 7.46. The second-order valence-corrected chi connectivity index (χ2v) is 7.42. The van der Waals surface area contributed by atoms with Crippen LogP contribution in [0.5, 0.6) is 0 Å². The predicted molar refractivity (Wildman–Crippen MR) is 84.8 cm³/mol. The molecule has 1 aromatic heterocycles. The van der Waals surface area contributed by atoms with Crippen molar-refractivity contribution in [2.24, 2.45) is 5.92 Å². The van der Waals surface area contributed by atoms with Gasteiger partial charge in [-0.25, -0.2) is 0 Å². The molecule has 3 atom stereocenters. The van der Waals surface area contributed by atoms with E-state index < -0.39 is 0 Å². The van der Waals surface area contributed by atoms with Crippen molar-refractivity contribution in [3.63, 3.8) is 0 Å². The standard InChI is InChI=1S/C15H23BrN4O/c1-10(8-20-9-11(16)7-17-20)15(21)18-12-5-13-3-4-14(6-12)19(13)2/h7,9-10,12-14H,3-6,8H2,1-2H3,(H,18,21). The average Bonchev–Trinajstić information content (AvgIpc) is 2.91. The molecule has 2 aliphatic heterocycles. The molecule has 0 spiro atoms. The predicted octanol–water partition coefficient (Wildman–Crippen LogP) is 2.02. The highest BCUT2D eigenvalue weighted by Gasteiger charge is 2.39. The third kappa shape index (κ3) is 3.31. The molecule has 2 bridgehead atoms. The number of nitrogens with one attached hydrogen (secondary N) is 1. The summed E-state index contributed by atoms with van der Waals surface area (Å²) in [5.41, 5.74) is 0. The number of fused-ring (bicyclic) bond motifs is 2. The Morgan fingerprint density at radius 3 is 2.71 bits per heavy atom. The summed E-state index contributed by atoms with van der Waals surface area (Å²) in [4.78, 5) is 14.9. The average molecular weight is 355 g/mol. The molecular weight excluding hydrogens is 332 g/mol. The van der Waals surface area contributed by atoms with Crippen molar-refractivity contribution < 1.29 is 4.79 Å². The summed E-state index contributed by atoms with van der Waals surface area (Å²) < 4.78 is 2.76. The molecular formula is C15H23BrN4O. The Morgan fingerprint density at radius 2 is 2.14 bits per heavy atom. The first-order valence-electron chi connectivity index (χ1n) is 7.73. The maximum absolute atomic E-state index is 12.4. The molecule has 0 saturated carbocycles. The summed E-state index contributed by atoms with van der Waals surface area (Å²) in [6.07, 6.45) is 8.41. The number of carbonyl (C=O) groups is 1. The van der Waals surface area contributed by atoms with Crippen molar-refractivity contribution >= 4 is 21.8 Å². The van der Waals surface area contributed by atoms with Crippen molar-refractivity contribution in [3.05, 3.63) is 16.9 Å². The SMILES string of the molecule is CC(Cn1cc(Br)cn1)C(=O)NC1CC2CCC(C1)N2C. The minimum absolute atomic E-state index is 0.0610. The van der Waals surface area contributed by atoms with Gasteiger partial charge in [-0.05, 0) is 48.7 Å². The van der Waals surface area contributed by atoms with E-state index in [9.17, 15) is 4.79 Å². The van der Waals surface area contributed by atoms with E-state index in [0.29, 0.717) is 24.7 Å². The van der Waals surface area contributed by atoms with E-state index in [0.717, 1.165) is 17.3 Å². The lowest BCUT2D eigenvalue weighted by Gasteiger charge is -2.37. The van der Waals surface area contributed by atoms with Crippen molar-refractivity contribution in [1.29, 1.82) is 0 Å². The Bertz CT molecular complexity index is 504. The molecule has 2 aliphatic rings. The molecule has 116 valence electrons. The van der Waals surface area contributed by atoms with Gasteiger partial charge in [-0.1, -0.05) is 6.92 Å². The Labute approximate surface area is 134 Å². The lowest BCUT2D eigenvalue weighted by atomic mass is 9.97. The van der Waals surface area contributed by atoms with Gasteiger partial charge in [-0.3, -0.25) is 9.48 Å². The summed E-state index contributed by atoms with van der Waals surface area (Å²) >= 11 is 3.38. The fourth-order valence-corrected chi connectivity index (χ4v) is 4.00. The largest absolute Gasteiger partial charge is 0.353 e. The van der Waals surface area contributed by atoms with Gasteiger partial charge in [0.05, 0.1) is 23.1 Å². The number of nitrogens with zero attached hydrogens (tertiary/aromatic N) is 3. The minimum Gasteiger partial charge on any atom is -0.353 e. The summed E-state index contributed by atoms with van der Waals surface area (Å²) in [6.45, 7) is 2.59. The summed E-state index contributed by atoms with van der Waals surface area (Å²) in [7, 11) is 2.22. The van der Waals surface area contributed by atoms with Gasteiger partial charge in [0.2, 0.25) is 5.91 Å². The first-order chi connectivity index (χ1) is 10.0. The van der Waals surface area contributed by atoms with E-state index in [2.05, 4.69) is 38.3 Å². The normalized spacial score (nSPS) is 30.3. The van der Waals surface area contributed by atoms with Gasteiger partial charge in [0.25, 0.3) is 0 Å². The van der Waals surface area contributed by atoms with Crippen molar-refractivity contribution in [2.75, 3.05) is 7.05 Å².